The van der Waals surface area contributed by atoms with E-state index in [0.29, 0.717) is 11.7 Å². The maximum Gasteiger partial charge on any atom is 0.259 e. The molecular formula is C18H15FN4OS. The van der Waals surface area contributed by atoms with Crippen molar-refractivity contribution in [3.05, 3.63) is 59.4 Å². The number of hydrogen-bond acceptors (Lipinski definition) is 6. The molecule has 0 radical (unpaired) electrons. The van der Waals surface area contributed by atoms with Crippen LogP contribution in [0.5, 0.6) is 0 Å². The van der Waals surface area contributed by atoms with Gasteiger partial charge in [0.05, 0.1) is 16.7 Å². The van der Waals surface area contributed by atoms with E-state index in [1.165, 1.54) is 23.7 Å². The molecule has 4 aromatic rings. The third-order valence-corrected chi connectivity index (χ3v) is 5.15. The Hall–Kier alpha value is -2.67. The van der Waals surface area contributed by atoms with Crippen LogP contribution in [0.1, 0.15) is 30.9 Å². The summed E-state index contributed by atoms with van der Waals surface area (Å²) in [5.41, 5.74) is 1.87. The van der Waals surface area contributed by atoms with E-state index in [-0.39, 0.29) is 5.82 Å². The topological polar surface area (TPSA) is 64.7 Å². The molecule has 3 heterocycles. The standard InChI is InChI=1S/C18H15FN4OS/c1-10-14-7-11(9-20-16(14)25-23-10)15-21-17(22-24-15)18(2,3)12-5-4-6-13(19)8-12/h4-9H,1-3H3. The van der Waals surface area contributed by atoms with Crippen molar-refractivity contribution in [2.75, 3.05) is 0 Å². The highest BCUT2D eigenvalue weighted by atomic mass is 32.1. The predicted molar refractivity (Wildman–Crippen MR) is 94.0 cm³/mol. The van der Waals surface area contributed by atoms with Gasteiger partial charge in [-0.05, 0) is 56.1 Å². The first-order valence-corrected chi connectivity index (χ1v) is 8.55. The van der Waals surface area contributed by atoms with Gasteiger partial charge in [0.1, 0.15) is 10.6 Å². The van der Waals surface area contributed by atoms with Gasteiger partial charge in [-0.1, -0.05) is 17.3 Å². The van der Waals surface area contributed by atoms with E-state index in [1.807, 2.05) is 32.9 Å². The molecule has 1 aromatic carbocycles. The number of rotatable bonds is 3. The molecule has 0 aliphatic carbocycles. The predicted octanol–water partition coefficient (Wildman–Crippen LogP) is 4.51. The summed E-state index contributed by atoms with van der Waals surface area (Å²) >= 11 is 1.36. The summed E-state index contributed by atoms with van der Waals surface area (Å²) < 4.78 is 23.3. The Bertz CT molecular complexity index is 1070. The second-order valence-corrected chi connectivity index (χ2v) is 7.16. The second-order valence-electron chi connectivity index (χ2n) is 6.40. The van der Waals surface area contributed by atoms with Crippen molar-refractivity contribution in [1.29, 1.82) is 0 Å². The lowest BCUT2D eigenvalue weighted by atomic mass is 9.84. The molecule has 0 unspecified atom stereocenters. The van der Waals surface area contributed by atoms with Gasteiger partial charge in [0.15, 0.2) is 5.82 Å². The third kappa shape index (κ3) is 2.70. The molecule has 7 heteroatoms. The number of aryl methyl sites for hydroxylation is 1. The first-order valence-electron chi connectivity index (χ1n) is 7.78. The summed E-state index contributed by atoms with van der Waals surface area (Å²) in [6.07, 6.45) is 1.70. The summed E-state index contributed by atoms with van der Waals surface area (Å²) in [4.78, 5) is 9.80. The quantitative estimate of drug-likeness (QED) is 0.541. The van der Waals surface area contributed by atoms with Gasteiger partial charge in [-0.15, -0.1) is 0 Å². The molecule has 5 nitrogen and oxygen atoms in total. The Morgan fingerprint density at radius 2 is 2.04 bits per heavy atom. The summed E-state index contributed by atoms with van der Waals surface area (Å²) in [7, 11) is 0. The molecule has 0 saturated carbocycles. The number of benzene rings is 1. The lowest BCUT2D eigenvalue weighted by molar-refractivity contribution is 0.408. The summed E-state index contributed by atoms with van der Waals surface area (Å²) in [6.45, 7) is 5.81. The first-order chi connectivity index (χ1) is 11.9. The Labute approximate surface area is 147 Å². The van der Waals surface area contributed by atoms with Crippen molar-refractivity contribution in [2.24, 2.45) is 0 Å². The number of pyridine rings is 1. The van der Waals surface area contributed by atoms with E-state index in [1.54, 1.807) is 12.3 Å². The molecule has 0 N–H and O–H groups in total. The second kappa shape index (κ2) is 5.70. The number of halogens is 1. The fourth-order valence-electron chi connectivity index (χ4n) is 2.66. The zero-order valence-corrected chi connectivity index (χ0v) is 14.8. The van der Waals surface area contributed by atoms with Gasteiger partial charge < -0.3 is 4.52 Å². The molecule has 0 spiro atoms. The van der Waals surface area contributed by atoms with Crippen molar-refractivity contribution in [3.8, 4) is 11.5 Å². The molecule has 4 rings (SSSR count). The molecule has 0 fully saturated rings. The number of aromatic nitrogens is 4. The van der Waals surface area contributed by atoms with Gasteiger partial charge in [-0.25, -0.2) is 9.37 Å². The molecular weight excluding hydrogens is 339 g/mol. The summed E-state index contributed by atoms with van der Waals surface area (Å²) in [5, 5.41) is 5.09. The van der Waals surface area contributed by atoms with Gasteiger partial charge in [0.2, 0.25) is 0 Å². The van der Waals surface area contributed by atoms with Crippen LogP contribution in [0.25, 0.3) is 21.7 Å². The number of fused-ring (bicyclic) bond motifs is 1. The average Bonchev–Trinajstić information content (AvgIpc) is 3.23. The average molecular weight is 354 g/mol. The van der Waals surface area contributed by atoms with Gasteiger partial charge in [-0.2, -0.15) is 9.36 Å². The lowest BCUT2D eigenvalue weighted by Gasteiger charge is -2.20. The van der Waals surface area contributed by atoms with Gasteiger partial charge in [-0.3, -0.25) is 0 Å². The van der Waals surface area contributed by atoms with Crippen LogP contribution in [0.4, 0.5) is 4.39 Å². The summed E-state index contributed by atoms with van der Waals surface area (Å²) in [6, 6.07) is 8.39. The Kier molecular flexibility index (Phi) is 3.61. The normalized spacial score (nSPS) is 12.0. The monoisotopic (exact) mass is 354 g/mol. The maximum absolute atomic E-state index is 13.6. The van der Waals surface area contributed by atoms with E-state index in [2.05, 4.69) is 19.5 Å². The molecule has 0 saturated heterocycles. The smallest absolute Gasteiger partial charge is 0.259 e. The third-order valence-electron chi connectivity index (χ3n) is 4.29. The van der Waals surface area contributed by atoms with Crippen LogP contribution in [-0.2, 0) is 5.41 Å². The molecule has 25 heavy (non-hydrogen) atoms. The first kappa shape index (κ1) is 15.8. The van der Waals surface area contributed by atoms with Gasteiger partial charge in [0.25, 0.3) is 5.89 Å². The van der Waals surface area contributed by atoms with E-state index in [0.717, 1.165) is 27.0 Å². The minimum atomic E-state index is -0.582. The Balaban J connectivity index is 1.74. The lowest BCUT2D eigenvalue weighted by Crippen LogP contribution is -2.20. The fraction of sp³-hybridized carbons (Fsp3) is 0.222. The number of hydrogen-bond donors (Lipinski definition) is 0. The van der Waals surface area contributed by atoms with E-state index < -0.39 is 5.41 Å². The van der Waals surface area contributed by atoms with Crippen LogP contribution < -0.4 is 0 Å². The van der Waals surface area contributed by atoms with Crippen LogP contribution in [-0.4, -0.2) is 19.5 Å². The van der Waals surface area contributed by atoms with E-state index >= 15 is 0 Å². The zero-order chi connectivity index (χ0) is 17.6. The largest absolute Gasteiger partial charge is 0.334 e. The van der Waals surface area contributed by atoms with Crippen LogP contribution in [0.3, 0.4) is 0 Å². The Morgan fingerprint density at radius 3 is 2.84 bits per heavy atom. The van der Waals surface area contributed by atoms with Crippen LogP contribution >= 0.6 is 11.5 Å². The van der Waals surface area contributed by atoms with Crippen LogP contribution in [0, 0.1) is 12.7 Å². The molecule has 0 aliphatic heterocycles. The minimum Gasteiger partial charge on any atom is -0.334 e. The SMILES string of the molecule is Cc1nsc2ncc(-c3nc(C(C)(C)c4cccc(F)c4)no3)cc12. The number of nitrogens with zero attached hydrogens (tertiary/aromatic N) is 4. The highest BCUT2D eigenvalue weighted by Gasteiger charge is 2.29. The minimum absolute atomic E-state index is 0.288. The maximum atomic E-state index is 13.6. The molecule has 3 aromatic heterocycles. The van der Waals surface area contributed by atoms with Crippen LogP contribution in [0.15, 0.2) is 41.1 Å². The van der Waals surface area contributed by atoms with E-state index in [9.17, 15) is 4.39 Å². The Morgan fingerprint density at radius 1 is 1.20 bits per heavy atom. The molecule has 0 aliphatic rings. The van der Waals surface area contributed by atoms with Gasteiger partial charge in [0, 0.05) is 11.6 Å². The van der Waals surface area contributed by atoms with Gasteiger partial charge >= 0.3 is 0 Å². The van der Waals surface area contributed by atoms with Crippen molar-refractivity contribution in [3.63, 3.8) is 0 Å². The van der Waals surface area contributed by atoms with E-state index in [4.69, 9.17) is 4.52 Å². The molecule has 0 bridgehead atoms. The van der Waals surface area contributed by atoms with Crippen molar-refractivity contribution in [2.45, 2.75) is 26.2 Å². The zero-order valence-electron chi connectivity index (χ0n) is 13.9. The molecule has 126 valence electrons. The van der Waals surface area contributed by atoms with Crippen molar-refractivity contribution < 1.29 is 8.91 Å². The van der Waals surface area contributed by atoms with Crippen LogP contribution in [0.2, 0.25) is 0 Å². The molecule has 0 amide bonds. The summed E-state index contributed by atoms with van der Waals surface area (Å²) in [5.74, 6) is 0.595. The van der Waals surface area contributed by atoms with Crippen molar-refractivity contribution >= 4 is 21.7 Å². The highest BCUT2D eigenvalue weighted by Crippen LogP contribution is 2.32. The molecule has 0 atom stereocenters. The highest BCUT2D eigenvalue weighted by molar-refractivity contribution is 7.12. The fourth-order valence-corrected chi connectivity index (χ4v) is 3.39. The van der Waals surface area contributed by atoms with Crippen molar-refractivity contribution in [1.82, 2.24) is 19.5 Å².